The first-order chi connectivity index (χ1) is 20.1. The van der Waals surface area contributed by atoms with E-state index < -0.39 is 46.3 Å². The van der Waals surface area contributed by atoms with Crippen LogP contribution in [0.4, 0.5) is 33.7 Å². The summed E-state index contributed by atoms with van der Waals surface area (Å²) in [5.74, 6) is -1.71. The molecule has 1 saturated carbocycles. The van der Waals surface area contributed by atoms with Gasteiger partial charge in [-0.25, -0.2) is 9.18 Å². The topological polar surface area (TPSA) is 98.0 Å². The van der Waals surface area contributed by atoms with Crippen molar-refractivity contribution < 1.29 is 31.9 Å². The maximum Gasteiger partial charge on any atom is 0.417 e. The van der Waals surface area contributed by atoms with Gasteiger partial charge in [0.25, 0.3) is 5.91 Å². The van der Waals surface area contributed by atoms with Crippen LogP contribution in [-0.4, -0.2) is 77.7 Å². The van der Waals surface area contributed by atoms with Crippen molar-refractivity contribution in [3.63, 3.8) is 0 Å². The van der Waals surface area contributed by atoms with Crippen molar-refractivity contribution in [1.82, 2.24) is 14.8 Å². The van der Waals surface area contributed by atoms with Crippen LogP contribution in [0.25, 0.3) is 5.57 Å². The Bertz CT molecular complexity index is 1500. The molecule has 2 atom stereocenters. The predicted molar refractivity (Wildman–Crippen MR) is 154 cm³/mol. The molecule has 43 heavy (non-hydrogen) atoms. The fraction of sp³-hybridized carbons (Fsp3) is 0.500. The van der Waals surface area contributed by atoms with Crippen molar-refractivity contribution in [2.24, 2.45) is 0 Å². The van der Waals surface area contributed by atoms with E-state index >= 15 is 4.39 Å². The Morgan fingerprint density at radius 2 is 1.79 bits per heavy atom. The van der Waals surface area contributed by atoms with Gasteiger partial charge in [0.2, 0.25) is 5.56 Å². The highest BCUT2D eigenvalue weighted by Gasteiger charge is 2.39. The van der Waals surface area contributed by atoms with Gasteiger partial charge in [-0.2, -0.15) is 13.2 Å². The van der Waals surface area contributed by atoms with E-state index in [-0.39, 0.29) is 36.4 Å². The maximum atomic E-state index is 15.8. The Morgan fingerprint density at radius 1 is 1.12 bits per heavy atom. The molecule has 1 aromatic carbocycles. The summed E-state index contributed by atoms with van der Waals surface area (Å²) < 4.78 is 62.6. The molecule has 9 nitrogen and oxygen atoms in total. The number of H-pyrrole nitrogens is 1. The second-order valence-corrected chi connectivity index (χ2v) is 12.0. The average molecular weight is 606 g/mol. The fourth-order valence-electron chi connectivity index (χ4n) is 5.80. The van der Waals surface area contributed by atoms with Crippen LogP contribution in [0.2, 0.25) is 0 Å². The molecule has 232 valence electrons. The molecule has 0 spiro atoms. The number of carbonyl (C=O) groups is 2. The van der Waals surface area contributed by atoms with Crippen LogP contribution < -0.4 is 15.8 Å². The molecule has 1 aromatic heterocycles. The second kappa shape index (κ2) is 11.3. The summed E-state index contributed by atoms with van der Waals surface area (Å²) >= 11 is 0. The lowest BCUT2D eigenvalue weighted by Crippen LogP contribution is -2.55. The SMILES string of the molecule is C[C@@H]1CN(c2cc(F)c(C3=CCN(C(=O)OC4(C)CCC4)C3)cc2NC(=O)c2c[nH]c(=O)cc2C(F)(F)F)C[C@H](C)N1C. The molecule has 2 aliphatic heterocycles. The third kappa shape index (κ3) is 6.27. The van der Waals surface area contributed by atoms with Crippen LogP contribution >= 0.6 is 0 Å². The van der Waals surface area contributed by atoms with E-state index in [4.69, 9.17) is 4.74 Å². The van der Waals surface area contributed by atoms with E-state index in [1.54, 1.807) is 6.08 Å². The molecule has 0 bridgehead atoms. The molecule has 13 heteroatoms. The third-order valence-electron chi connectivity index (χ3n) is 8.78. The lowest BCUT2D eigenvalue weighted by molar-refractivity contribution is -0.138. The van der Waals surface area contributed by atoms with Gasteiger partial charge in [-0.15, -0.1) is 0 Å². The number of likely N-dealkylation sites (N-methyl/N-ethyl adjacent to an activating group) is 1. The first-order valence-corrected chi connectivity index (χ1v) is 14.2. The third-order valence-corrected chi connectivity index (χ3v) is 8.78. The van der Waals surface area contributed by atoms with E-state index in [1.165, 1.54) is 17.0 Å². The van der Waals surface area contributed by atoms with Crippen LogP contribution in [-0.2, 0) is 10.9 Å². The molecular weight excluding hydrogens is 570 g/mol. The van der Waals surface area contributed by atoms with Gasteiger partial charge in [0.1, 0.15) is 11.4 Å². The van der Waals surface area contributed by atoms with Crippen molar-refractivity contribution >= 4 is 28.9 Å². The summed E-state index contributed by atoms with van der Waals surface area (Å²) in [6, 6.07) is 3.13. The summed E-state index contributed by atoms with van der Waals surface area (Å²) in [7, 11) is 1.97. The number of rotatable bonds is 5. The minimum atomic E-state index is -4.96. The monoisotopic (exact) mass is 605 g/mol. The van der Waals surface area contributed by atoms with Gasteiger partial charge in [-0.3, -0.25) is 14.5 Å². The number of piperazine rings is 1. The Morgan fingerprint density at radius 3 is 2.40 bits per heavy atom. The predicted octanol–water partition coefficient (Wildman–Crippen LogP) is 5.09. The molecule has 3 heterocycles. The second-order valence-electron chi connectivity index (χ2n) is 12.0. The lowest BCUT2D eigenvalue weighted by Gasteiger charge is -2.44. The zero-order valence-electron chi connectivity index (χ0n) is 24.5. The van der Waals surface area contributed by atoms with E-state index in [2.05, 4.69) is 15.2 Å². The Hall–Kier alpha value is -3.87. The highest BCUT2D eigenvalue weighted by atomic mass is 19.4. The van der Waals surface area contributed by atoms with Gasteiger partial charge in [-0.1, -0.05) is 6.08 Å². The minimum absolute atomic E-state index is 0.0687. The van der Waals surface area contributed by atoms with Crippen LogP contribution in [0.5, 0.6) is 0 Å². The Labute approximate surface area is 246 Å². The van der Waals surface area contributed by atoms with Crippen molar-refractivity contribution in [3.05, 3.63) is 63.3 Å². The van der Waals surface area contributed by atoms with Crippen LogP contribution in [0, 0.1) is 5.82 Å². The first-order valence-electron chi connectivity index (χ1n) is 14.2. The summed E-state index contributed by atoms with van der Waals surface area (Å²) in [5, 5.41) is 2.55. The number of ether oxygens (including phenoxy) is 1. The Kier molecular flexibility index (Phi) is 8.05. The highest BCUT2D eigenvalue weighted by Crippen LogP contribution is 2.38. The van der Waals surface area contributed by atoms with E-state index in [9.17, 15) is 27.6 Å². The number of aromatic amines is 1. The number of anilines is 2. The van der Waals surface area contributed by atoms with Crippen LogP contribution in [0.15, 0.2) is 35.3 Å². The molecule has 1 aliphatic carbocycles. The molecule has 2 N–H and O–H groups in total. The molecule has 3 aliphatic rings. The van der Waals surface area contributed by atoms with E-state index in [0.717, 1.165) is 25.5 Å². The lowest BCUT2D eigenvalue weighted by atomic mass is 9.82. The number of aromatic nitrogens is 1. The fourth-order valence-corrected chi connectivity index (χ4v) is 5.80. The van der Waals surface area contributed by atoms with Crippen LogP contribution in [0.1, 0.15) is 61.5 Å². The molecule has 0 unspecified atom stereocenters. The van der Waals surface area contributed by atoms with Crippen LogP contribution in [0.3, 0.4) is 0 Å². The quantitative estimate of drug-likeness (QED) is 0.461. The summed E-state index contributed by atoms with van der Waals surface area (Å²) in [6.07, 6.45) is -0.510. The molecule has 2 amide bonds. The van der Waals surface area contributed by atoms with Crippen molar-refractivity contribution in [3.8, 4) is 0 Å². The van der Waals surface area contributed by atoms with Gasteiger partial charge in [0.05, 0.1) is 22.5 Å². The van der Waals surface area contributed by atoms with Gasteiger partial charge in [-0.05, 0) is 64.8 Å². The van der Waals surface area contributed by atoms with Crippen molar-refractivity contribution in [1.29, 1.82) is 0 Å². The number of nitrogens with zero attached hydrogens (tertiary/aromatic N) is 3. The standard InChI is InChI=1S/C30H35F4N5O4/c1-17-14-39(15-18(2)37(17)4)25-12-23(31)20(19-6-9-38(16-19)28(42)43-29(3)7-5-8-29)10-24(25)36-27(41)21-13-35-26(40)11-22(21)30(32,33)34/h6,10-13,17-18H,5,7-9,14-16H2,1-4H3,(H,35,40)(H,36,41)/t17-,18+. The van der Waals surface area contributed by atoms with Gasteiger partial charge < -0.3 is 24.8 Å². The number of nitrogens with one attached hydrogen (secondary N) is 2. The number of amides is 2. The smallest absolute Gasteiger partial charge is 0.417 e. The number of pyridine rings is 1. The normalized spacial score (nSPS) is 22.2. The van der Waals surface area contributed by atoms with Gasteiger partial charge in [0, 0.05) is 56.1 Å². The molecule has 5 rings (SSSR count). The first kappa shape index (κ1) is 30.6. The molecular formula is C30H35F4N5O4. The van der Waals surface area contributed by atoms with Crippen molar-refractivity contribution in [2.45, 2.75) is 63.9 Å². The van der Waals surface area contributed by atoms with Gasteiger partial charge in [0.15, 0.2) is 0 Å². The van der Waals surface area contributed by atoms with E-state index in [1.807, 2.05) is 32.7 Å². The average Bonchev–Trinajstić information content (AvgIpc) is 3.41. The molecule has 2 aromatic rings. The van der Waals surface area contributed by atoms with E-state index in [0.29, 0.717) is 30.4 Å². The number of hydrogen-bond acceptors (Lipinski definition) is 6. The molecule has 1 saturated heterocycles. The minimum Gasteiger partial charge on any atom is -0.443 e. The molecule has 0 radical (unpaired) electrons. The van der Waals surface area contributed by atoms with Crippen molar-refractivity contribution in [2.75, 3.05) is 43.4 Å². The number of carbonyl (C=O) groups excluding carboxylic acids is 2. The molecule has 2 fully saturated rings. The summed E-state index contributed by atoms with van der Waals surface area (Å²) in [4.78, 5) is 45.3. The maximum absolute atomic E-state index is 15.8. The summed E-state index contributed by atoms with van der Waals surface area (Å²) in [6.45, 7) is 7.11. The number of alkyl halides is 3. The van der Waals surface area contributed by atoms with Gasteiger partial charge >= 0.3 is 12.3 Å². The number of benzene rings is 1. The number of hydrogen-bond donors (Lipinski definition) is 2. The Balaban J connectivity index is 1.48. The zero-order chi connectivity index (χ0) is 31.3. The zero-order valence-corrected chi connectivity index (χ0v) is 24.5. The number of halogens is 4. The summed E-state index contributed by atoms with van der Waals surface area (Å²) in [5.41, 5.74) is -2.66. The highest BCUT2D eigenvalue weighted by molar-refractivity contribution is 6.07. The largest absolute Gasteiger partial charge is 0.443 e.